The number of aryl methyl sites for hydroxylation is 2. The molecule has 0 aliphatic heterocycles. The van der Waals surface area contributed by atoms with E-state index in [-0.39, 0.29) is 12.3 Å². The molecule has 0 bridgehead atoms. The maximum atomic E-state index is 11.3. The maximum absolute atomic E-state index is 11.3. The van der Waals surface area contributed by atoms with Crippen molar-refractivity contribution in [3.8, 4) is 16.4 Å². The van der Waals surface area contributed by atoms with Gasteiger partial charge < -0.3 is 10.3 Å². The Balaban J connectivity index is 1.50. The normalized spacial score (nSPS) is 11.1. The van der Waals surface area contributed by atoms with Crippen LogP contribution < -0.4 is 5.73 Å². The number of aromatic nitrogens is 5. The molecule has 7 nitrogen and oxygen atoms in total. The Bertz CT molecular complexity index is 1150. The molecule has 0 saturated carbocycles. The van der Waals surface area contributed by atoms with E-state index >= 15 is 0 Å². The molecule has 0 saturated heterocycles. The minimum Gasteiger partial charge on any atom is -0.370 e. The first-order valence-corrected chi connectivity index (χ1v) is 11.4. The van der Waals surface area contributed by atoms with Gasteiger partial charge in [-0.25, -0.2) is 4.68 Å². The van der Waals surface area contributed by atoms with Crippen LogP contribution in [0.2, 0.25) is 0 Å². The van der Waals surface area contributed by atoms with Crippen molar-refractivity contribution >= 4 is 29.0 Å². The van der Waals surface area contributed by atoms with E-state index < -0.39 is 0 Å². The van der Waals surface area contributed by atoms with Gasteiger partial charge in [0.25, 0.3) is 0 Å². The Labute approximate surface area is 182 Å². The molecule has 0 unspecified atom stereocenters. The van der Waals surface area contributed by atoms with Gasteiger partial charge in [-0.2, -0.15) is 5.10 Å². The van der Waals surface area contributed by atoms with E-state index in [4.69, 9.17) is 5.73 Å². The second-order valence-corrected chi connectivity index (χ2v) is 8.84. The molecule has 0 radical (unpaired) electrons. The molecule has 3 aromatic heterocycles. The van der Waals surface area contributed by atoms with Gasteiger partial charge in [-0.15, -0.1) is 21.5 Å². The van der Waals surface area contributed by atoms with Crippen LogP contribution in [0.3, 0.4) is 0 Å². The van der Waals surface area contributed by atoms with Crippen molar-refractivity contribution in [2.24, 2.45) is 5.73 Å². The third-order valence-corrected chi connectivity index (χ3v) is 6.50. The zero-order valence-corrected chi connectivity index (χ0v) is 18.4. The van der Waals surface area contributed by atoms with Gasteiger partial charge in [0, 0.05) is 24.4 Å². The van der Waals surface area contributed by atoms with E-state index in [0.717, 1.165) is 38.7 Å². The van der Waals surface area contributed by atoms with Crippen LogP contribution in [0.1, 0.15) is 23.4 Å². The quantitative estimate of drug-likeness (QED) is 0.420. The fraction of sp³-hybridized carbons (Fsp3) is 0.238. The third-order valence-electron chi connectivity index (χ3n) is 4.60. The Kier molecular flexibility index (Phi) is 6.01. The van der Waals surface area contributed by atoms with Gasteiger partial charge in [0.2, 0.25) is 5.91 Å². The van der Waals surface area contributed by atoms with Crippen LogP contribution >= 0.6 is 23.1 Å². The molecule has 2 N–H and O–H groups in total. The van der Waals surface area contributed by atoms with E-state index in [9.17, 15) is 4.79 Å². The van der Waals surface area contributed by atoms with Gasteiger partial charge in [0.05, 0.1) is 16.3 Å². The molecule has 1 aromatic carbocycles. The van der Waals surface area contributed by atoms with Crippen LogP contribution in [0.15, 0.2) is 53.0 Å². The van der Waals surface area contributed by atoms with Crippen LogP contribution in [0, 0.1) is 13.8 Å². The number of hydrogen-bond acceptors (Lipinski definition) is 6. The van der Waals surface area contributed by atoms with Gasteiger partial charge in [-0.05, 0) is 49.1 Å². The molecular formula is C21H22N6OS2. The number of nitrogens with two attached hydrogens (primary N) is 1. The second kappa shape index (κ2) is 8.85. The summed E-state index contributed by atoms with van der Waals surface area (Å²) in [5.74, 6) is 1.18. The van der Waals surface area contributed by atoms with E-state index in [1.54, 1.807) is 23.1 Å². The van der Waals surface area contributed by atoms with Crippen LogP contribution in [0.25, 0.3) is 16.4 Å². The average molecular weight is 439 g/mol. The lowest BCUT2D eigenvalue weighted by Gasteiger charge is -2.09. The first-order valence-electron chi connectivity index (χ1n) is 9.52. The number of amides is 1. The standard InChI is InChI=1S/C21H22N6OS2/c1-14-12-15(2)27(25-14)17-7-5-16(6-8-17)13-30-21-24-23-20(18-4-3-11-29-18)26(21)10-9-19(22)28/h3-8,11-12H,9-10,13H2,1-2H3,(H2,22,28). The summed E-state index contributed by atoms with van der Waals surface area (Å²) in [6, 6.07) is 14.4. The van der Waals surface area contributed by atoms with E-state index in [1.165, 1.54) is 5.56 Å². The summed E-state index contributed by atoms with van der Waals surface area (Å²) in [6.07, 6.45) is 0.251. The predicted molar refractivity (Wildman–Crippen MR) is 120 cm³/mol. The molecule has 0 aliphatic carbocycles. The Morgan fingerprint density at radius 1 is 1.17 bits per heavy atom. The summed E-state index contributed by atoms with van der Waals surface area (Å²) in [5, 5.41) is 16.0. The summed E-state index contributed by atoms with van der Waals surface area (Å²) in [4.78, 5) is 12.3. The van der Waals surface area contributed by atoms with Crippen LogP contribution in [0.4, 0.5) is 0 Å². The molecule has 4 aromatic rings. The largest absolute Gasteiger partial charge is 0.370 e. The number of carbonyl (C=O) groups is 1. The molecule has 30 heavy (non-hydrogen) atoms. The number of carbonyl (C=O) groups excluding carboxylic acids is 1. The van der Waals surface area contributed by atoms with E-state index in [1.807, 2.05) is 40.6 Å². The van der Waals surface area contributed by atoms with Gasteiger partial charge in [-0.3, -0.25) is 4.79 Å². The fourth-order valence-corrected chi connectivity index (χ4v) is 4.82. The maximum Gasteiger partial charge on any atom is 0.219 e. The lowest BCUT2D eigenvalue weighted by molar-refractivity contribution is -0.118. The lowest BCUT2D eigenvalue weighted by Crippen LogP contribution is -2.14. The summed E-state index contributed by atoms with van der Waals surface area (Å²) in [6.45, 7) is 4.51. The van der Waals surface area contributed by atoms with Crippen molar-refractivity contribution in [2.45, 2.75) is 37.7 Å². The van der Waals surface area contributed by atoms with E-state index in [2.05, 4.69) is 45.6 Å². The van der Waals surface area contributed by atoms with Gasteiger partial charge >= 0.3 is 0 Å². The Hall–Kier alpha value is -2.91. The molecule has 0 aliphatic rings. The summed E-state index contributed by atoms with van der Waals surface area (Å²) >= 11 is 3.20. The average Bonchev–Trinajstić information content (AvgIpc) is 3.45. The summed E-state index contributed by atoms with van der Waals surface area (Å²) < 4.78 is 3.92. The van der Waals surface area contributed by atoms with Crippen molar-refractivity contribution in [3.05, 3.63) is 64.8 Å². The van der Waals surface area contributed by atoms with Crippen molar-refractivity contribution in [1.29, 1.82) is 0 Å². The minimum atomic E-state index is -0.337. The van der Waals surface area contributed by atoms with Crippen molar-refractivity contribution < 1.29 is 4.79 Å². The van der Waals surface area contributed by atoms with Crippen LogP contribution in [0.5, 0.6) is 0 Å². The molecule has 4 rings (SSSR count). The topological polar surface area (TPSA) is 91.6 Å². The SMILES string of the molecule is Cc1cc(C)n(-c2ccc(CSc3nnc(-c4cccs4)n3CCC(N)=O)cc2)n1. The molecule has 154 valence electrons. The molecule has 0 spiro atoms. The lowest BCUT2D eigenvalue weighted by atomic mass is 10.2. The minimum absolute atomic E-state index is 0.251. The Morgan fingerprint density at radius 2 is 1.97 bits per heavy atom. The fourth-order valence-electron chi connectivity index (χ4n) is 3.18. The van der Waals surface area contributed by atoms with Crippen molar-refractivity contribution in [1.82, 2.24) is 24.5 Å². The zero-order valence-electron chi connectivity index (χ0n) is 16.8. The highest BCUT2D eigenvalue weighted by molar-refractivity contribution is 7.98. The predicted octanol–water partition coefficient (Wildman–Crippen LogP) is 3.98. The van der Waals surface area contributed by atoms with Crippen LogP contribution in [-0.4, -0.2) is 30.5 Å². The highest BCUT2D eigenvalue weighted by atomic mass is 32.2. The smallest absolute Gasteiger partial charge is 0.219 e. The molecular weight excluding hydrogens is 416 g/mol. The number of hydrogen-bond donors (Lipinski definition) is 1. The van der Waals surface area contributed by atoms with E-state index in [0.29, 0.717) is 6.54 Å². The molecule has 0 fully saturated rings. The molecule has 0 atom stereocenters. The number of rotatable bonds is 8. The van der Waals surface area contributed by atoms with Crippen LogP contribution in [-0.2, 0) is 17.1 Å². The number of thiophene rings is 1. The van der Waals surface area contributed by atoms with Gasteiger partial charge in [0.15, 0.2) is 11.0 Å². The number of nitrogens with zero attached hydrogens (tertiary/aromatic N) is 5. The van der Waals surface area contributed by atoms with Gasteiger partial charge in [0.1, 0.15) is 0 Å². The van der Waals surface area contributed by atoms with Gasteiger partial charge in [-0.1, -0.05) is 30.0 Å². The number of thioether (sulfide) groups is 1. The summed E-state index contributed by atoms with van der Waals surface area (Å²) in [5.41, 5.74) is 9.69. The van der Waals surface area contributed by atoms with Crippen molar-refractivity contribution in [3.63, 3.8) is 0 Å². The molecule has 9 heteroatoms. The molecule has 3 heterocycles. The number of benzene rings is 1. The summed E-state index contributed by atoms with van der Waals surface area (Å²) in [7, 11) is 0. The zero-order chi connectivity index (χ0) is 21.1. The molecule has 1 amide bonds. The second-order valence-electron chi connectivity index (χ2n) is 6.95. The number of primary amides is 1. The van der Waals surface area contributed by atoms with Crippen molar-refractivity contribution in [2.75, 3.05) is 0 Å². The Morgan fingerprint density at radius 3 is 2.60 bits per heavy atom. The first-order chi connectivity index (χ1) is 14.5. The highest BCUT2D eigenvalue weighted by Gasteiger charge is 2.16. The third kappa shape index (κ3) is 4.47. The first kappa shape index (κ1) is 20.4. The highest BCUT2D eigenvalue weighted by Crippen LogP contribution is 2.29. The monoisotopic (exact) mass is 438 g/mol.